The van der Waals surface area contributed by atoms with Gasteiger partial charge >= 0.3 is 5.97 Å². The van der Waals surface area contributed by atoms with Crippen LogP contribution < -0.4 is 10.1 Å². The number of ether oxygens (including phenoxy) is 2. The number of halogens is 2. The topological polar surface area (TPSA) is 64.6 Å². The van der Waals surface area contributed by atoms with Crippen LogP contribution in [0.1, 0.15) is 19.4 Å². The van der Waals surface area contributed by atoms with Gasteiger partial charge in [-0.15, -0.1) is 0 Å². The molecule has 0 bridgehead atoms. The minimum atomic E-state index is -1.08. The number of hydrogen-bond acceptors (Lipinski definition) is 4. The summed E-state index contributed by atoms with van der Waals surface area (Å²) in [6, 6.07) is 10.8. The molecule has 0 saturated carbocycles. The van der Waals surface area contributed by atoms with Gasteiger partial charge in [-0.2, -0.15) is 0 Å². The van der Waals surface area contributed by atoms with Crippen molar-refractivity contribution in [3.63, 3.8) is 0 Å². The number of amides is 1. The Kier molecular flexibility index (Phi) is 6.58. The molecule has 0 aromatic heterocycles. The second kappa shape index (κ2) is 8.67. The maximum absolute atomic E-state index is 13.0. The van der Waals surface area contributed by atoms with E-state index in [1.54, 1.807) is 12.1 Å². The number of carbonyl (C=O) groups is 2. The molecular formula is C19H19ClFNO4. The molecule has 0 fully saturated rings. The first-order chi connectivity index (χ1) is 12.3. The van der Waals surface area contributed by atoms with Gasteiger partial charge in [-0.05, 0) is 56.7 Å². The fourth-order valence-electron chi connectivity index (χ4n) is 2.09. The van der Waals surface area contributed by atoms with Crippen molar-refractivity contribution in [1.29, 1.82) is 0 Å². The van der Waals surface area contributed by atoms with Gasteiger partial charge in [0.25, 0.3) is 5.91 Å². The molecule has 0 spiro atoms. The van der Waals surface area contributed by atoms with E-state index in [-0.39, 0.29) is 10.7 Å². The van der Waals surface area contributed by atoms with E-state index in [0.717, 1.165) is 17.7 Å². The summed E-state index contributed by atoms with van der Waals surface area (Å²) in [6.07, 6.45) is -1.96. The average Bonchev–Trinajstić information content (AvgIpc) is 2.57. The average molecular weight is 380 g/mol. The molecule has 5 nitrogen and oxygen atoms in total. The zero-order valence-electron chi connectivity index (χ0n) is 14.6. The molecule has 0 aliphatic rings. The predicted molar refractivity (Wildman–Crippen MR) is 96.9 cm³/mol. The van der Waals surface area contributed by atoms with Crippen LogP contribution in [0.3, 0.4) is 0 Å². The third-order valence-corrected chi connectivity index (χ3v) is 3.80. The number of nitrogens with one attached hydrogen (secondary N) is 1. The van der Waals surface area contributed by atoms with Crippen molar-refractivity contribution < 1.29 is 23.5 Å². The standard InChI is InChI=1S/C19H19ClFNO4/c1-11-5-4-6-15(9-11)25-13(3)19(24)26-12(2)18(23)22-17-8-7-14(21)10-16(17)20/h4-10,12-13H,1-3H3,(H,22,23)/t12-,13+/m0/s1. The third kappa shape index (κ3) is 5.46. The van der Waals surface area contributed by atoms with Crippen molar-refractivity contribution in [2.75, 3.05) is 5.32 Å². The number of hydrogen-bond donors (Lipinski definition) is 1. The lowest BCUT2D eigenvalue weighted by atomic mass is 10.2. The molecule has 0 saturated heterocycles. The molecule has 1 N–H and O–H groups in total. The highest BCUT2D eigenvalue weighted by Gasteiger charge is 2.23. The zero-order valence-corrected chi connectivity index (χ0v) is 15.3. The normalized spacial score (nSPS) is 12.8. The maximum atomic E-state index is 13.0. The quantitative estimate of drug-likeness (QED) is 0.766. The monoisotopic (exact) mass is 379 g/mol. The molecule has 2 aromatic rings. The van der Waals surface area contributed by atoms with E-state index in [9.17, 15) is 14.0 Å². The Bertz CT molecular complexity index is 812. The predicted octanol–water partition coefficient (Wildman–Crippen LogP) is 4.13. The molecule has 1 amide bonds. The van der Waals surface area contributed by atoms with Crippen molar-refractivity contribution in [1.82, 2.24) is 0 Å². The lowest BCUT2D eigenvalue weighted by molar-refractivity contribution is -0.159. The molecule has 0 aliphatic carbocycles. The Morgan fingerprint density at radius 1 is 1.12 bits per heavy atom. The first kappa shape index (κ1) is 19.7. The number of esters is 1. The van der Waals surface area contributed by atoms with Gasteiger partial charge in [0, 0.05) is 0 Å². The Balaban J connectivity index is 1.91. The molecule has 7 heteroatoms. The summed E-state index contributed by atoms with van der Waals surface area (Å²) in [4.78, 5) is 24.2. The van der Waals surface area contributed by atoms with Crippen LogP contribution in [0.2, 0.25) is 5.02 Å². The van der Waals surface area contributed by atoms with E-state index in [2.05, 4.69) is 5.32 Å². The third-order valence-electron chi connectivity index (χ3n) is 3.49. The van der Waals surface area contributed by atoms with E-state index in [4.69, 9.17) is 21.1 Å². The minimum absolute atomic E-state index is 0.0491. The Labute approximate surface area is 156 Å². The zero-order chi connectivity index (χ0) is 19.3. The maximum Gasteiger partial charge on any atom is 0.347 e. The molecule has 138 valence electrons. The van der Waals surface area contributed by atoms with E-state index in [1.807, 2.05) is 19.1 Å². The summed E-state index contributed by atoms with van der Waals surface area (Å²) >= 11 is 5.86. The van der Waals surface area contributed by atoms with Crippen molar-refractivity contribution in [2.24, 2.45) is 0 Å². The molecule has 0 heterocycles. The van der Waals surface area contributed by atoms with Gasteiger partial charge in [-0.25, -0.2) is 9.18 Å². The van der Waals surface area contributed by atoms with E-state index in [0.29, 0.717) is 5.75 Å². The van der Waals surface area contributed by atoms with Gasteiger partial charge < -0.3 is 14.8 Å². The molecule has 0 radical (unpaired) electrons. The van der Waals surface area contributed by atoms with Crippen LogP contribution >= 0.6 is 11.6 Å². The smallest absolute Gasteiger partial charge is 0.347 e. The molecular weight excluding hydrogens is 361 g/mol. The second-order valence-electron chi connectivity index (χ2n) is 5.77. The van der Waals surface area contributed by atoms with Gasteiger partial charge in [0.15, 0.2) is 12.2 Å². The highest BCUT2D eigenvalue weighted by atomic mass is 35.5. The first-order valence-corrected chi connectivity index (χ1v) is 8.34. The lowest BCUT2D eigenvalue weighted by Gasteiger charge is -2.18. The summed E-state index contributed by atoms with van der Waals surface area (Å²) in [5.74, 6) is -1.26. The van der Waals surface area contributed by atoms with Crippen LogP contribution in [0.5, 0.6) is 5.75 Å². The highest BCUT2D eigenvalue weighted by Crippen LogP contribution is 2.22. The summed E-state index contributed by atoms with van der Waals surface area (Å²) in [5, 5.41) is 2.53. The SMILES string of the molecule is Cc1cccc(O[C@H](C)C(=O)O[C@@H](C)C(=O)Nc2ccc(F)cc2Cl)c1. The van der Waals surface area contributed by atoms with Crippen molar-refractivity contribution in [3.05, 3.63) is 58.9 Å². The highest BCUT2D eigenvalue weighted by molar-refractivity contribution is 6.33. The Morgan fingerprint density at radius 3 is 2.50 bits per heavy atom. The molecule has 2 atom stereocenters. The fraction of sp³-hybridized carbons (Fsp3) is 0.263. The number of anilines is 1. The summed E-state index contributed by atoms with van der Waals surface area (Å²) in [6.45, 7) is 4.86. The van der Waals surface area contributed by atoms with Gasteiger partial charge in [0.1, 0.15) is 11.6 Å². The summed E-state index contributed by atoms with van der Waals surface area (Å²) < 4.78 is 23.7. The van der Waals surface area contributed by atoms with Crippen molar-refractivity contribution in [3.8, 4) is 5.75 Å². The van der Waals surface area contributed by atoms with Crippen LogP contribution in [0.25, 0.3) is 0 Å². The van der Waals surface area contributed by atoms with Gasteiger partial charge in [-0.3, -0.25) is 4.79 Å². The number of benzene rings is 2. The summed E-state index contributed by atoms with van der Waals surface area (Å²) in [7, 11) is 0. The second-order valence-corrected chi connectivity index (χ2v) is 6.18. The van der Waals surface area contributed by atoms with Crippen LogP contribution in [-0.4, -0.2) is 24.1 Å². The molecule has 2 rings (SSSR count). The Hall–Kier alpha value is -2.60. The Morgan fingerprint density at radius 2 is 1.85 bits per heavy atom. The minimum Gasteiger partial charge on any atom is -0.479 e. The van der Waals surface area contributed by atoms with E-state index in [1.165, 1.54) is 19.9 Å². The van der Waals surface area contributed by atoms with Crippen molar-refractivity contribution in [2.45, 2.75) is 33.0 Å². The van der Waals surface area contributed by atoms with Crippen LogP contribution in [0.4, 0.5) is 10.1 Å². The van der Waals surface area contributed by atoms with Gasteiger partial charge in [-0.1, -0.05) is 23.7 Å². The molecule has 2 aromatic carbocycles. The van der Waals surface area contributed by atoms with Crippen LogP contribution in [0, 0.1) is 12.7 Å². The number of carbonyl (C=O) groups excluding carboxylic acids is 2. The lowest BCUT2D eigenvalue weighted by Crippen LogP contribution is -2.35. The number of aryl methyl sites for hydroxylation is 1. The van der Waals surface area contributed by atoms with Crippen LogP contribution in [-0.2, 0) is 14.3 Å². The number of rotatable bonds is 6. The van der Waals surface area contributed by atoms with E-state index >= 15 is 0 Å². The van der Waals surface area contributed by atoms with Crippen LogP contribution in [0.15, 0.2) is 42.5 Å². The van der Waals surface area contributed by atoms with Crippen molar-refractivity contribution >= 4 is 29.2 Å². The first-order valence-electron chi connectivity index (χ1n) is 7.96. The summed E-state index contributed by atoms with van der Waals surface area (Å²) in [5.41, 5.74) is 1.22. The molecule has 0 unspecified atom stereocenters. The van der Waals surface area contributed by atoms with Gasteiger partial charge in [0.2, 0.25) is 0 Å². The molecule has 26 heavy (non-hydrogen) atoms. The van der Waals surface area contributed by atoms with Gasteiger partial charge in [0.05, 0.1) is 10.7 Å². The largest absolute Gasteiger partial charge is 0.479 e. The van der Waals surface area contributed by atoms with E-state index < -0.39 is 29.9 Å². The molecule has 0 aliphatic heterocycles. The fourth-order valence-corrected chi connectivity index (χ4v) is 2.30.